The highest BCUT2D eigenvalue weighted by Crippen LogP contribution is 2.24. The SMILES string of the molecule is O=C(NCc1csc(-c2cccnc2)n1)C1CCCCC1. The summed E-state index contributed by atoms with van der Waals surface area (Å²) in [6.07, 6.45) is 9.25. The summed E-state index contributed by atoms with van der Waals surface area (Å²) in [4.78, 5) is 20.8. The minimum atomic E-state index is 0.186. The number of pyridine rings is 1. The second-order valence-electron chi connectivity index (χ2n) is 5.44. The second kappa shape index (κ2) is 6.80. The van der Waals surface area contributed by atoms with Gasteiger partial charge in [-0.3, -0.25) is 9.78 Å². The summed E-state index contributed by atoms with van der Waals surface area (Å²) in [5.41, 5.74) is 1.94. The fourth-order valence-corrected chi connectivity index (χ4v) is 3.51. The molecule has 1 saturated carbocycles. The standard InChI is InChI=1S/C16H19N3OS/c20-15(12-5-2-1-3-6-12)18-10-14-11-21-16(19-14)13-7-4-8-17-9-13/h4,7-9,11-12H,1-3,5-6,10H2,(H,18,20). The highest BCUT2D eigenvalue weighted by molar-refractivity contribution is 7.13. The molecule has 0 saturated heterocycles. The van der Waals surface area contributed by atoms with Gasteiger partial charge in [0.1, 0.15) is 5.01 Å². The van der Waals surface area contributed by atoms with E-state index >= 15 is 0 Å². The number of carbonyl (C=O) groups excluding carboxylic acids is 1. The molecule has 21 heavy (non-hydrogen) atoms. The highest BCUT2D eigenvalue weighted by Gasteiger charge is 2.20. The molecule has 4 nitrogen and oxygen atoms in total. The van der Waals surface area contributed by atoms with Crippen LogP contribution in [0.25, 0.3) is 10.6 Å². The zero-order valence-corrected chi connectivity index (χ0v) is 12.7. The summed E-state index contributed by atoms with van der Waals surface area (Å²) in [6.45, 7) is 0.520. The van der Waals surface area contributed by atoms with Crippen molar-refractivity contribution in [2.24, 2.45) is 5.92 Å². The lowest BCUT2D eigenvalue weighted by atomic mass is 9.89. The minimum Gasteiger partial charge on any atom is -0.350 e. The first-order valence-corrected chi connectivity index (χ1v) is 8.33. The van der Waals surface area contributed by atoms with E-state index in [-0.39, 0.29) is 11.8 Å². The Hall–Kier alpha value is -1.75. The Kier molecular flexibility index (Phi) is 4.60. The molecule has 5 heteroatoms. The molecule has 110 valence electrons. The van der Waals surface area contributed by atoms with E-state index in [1.165, 1.54) is 19.3 Å². The third kappa shape index (κ3) is 3.67. The lowest BCUT2D eigenvalue weighted by Gasteiger charge is -2.20. The van der Waals surface area contributed by atoms with E-state index in [0.717, 1.165) is 29.1 Å². The van der Waals surface area contributed by atoms with Gasteiger partial charge in [0.2, 0.25) is 5.91 Å². The van der Waals surface area contributed by atoms with Crippen molar-refractivity contribution in [3.05, 3.63) is 35.6 Å². The first-order chi connectivity index (χ1) is 10.3. The summed E-state index contributed by atoms with van der Waals surface area (Å²) in [6, 6.07) is 3.90. The molecule has 2 aromatic rings. The zero-order chi connectivity index (χ0) is 14.5. The van der Waals surface area contributed by atoms with Crippen LogP contribution < -0.4 is 5.32 Å². The van der Waals surface area contributed by atoms with E-state index in [4.69, 9.17) is 0 Å². The maximum absolute atomic E-state index is 12.1. The fourth-order valence-electron chi connectivity index (χ4n) is 2.70. The van der Waals surface area contributed by atoms with E-state index in [1.54, 1.807) is 17.5 Å². The van der Waals surface area contributed by atoms with Gasteiger partial charge in [-0.15, -0.1) is 11.3 Å². The lowest BCUT2D eigenvalue weighted by Crippen LogP contribution is -2.31. The number of aromatic nitrogens is 2. The van der Waals surface area contributed by atoms with E-state index in [2.05, 4.69) is 15.3 Å². The molecule has 0 unspecified atom stereocenters. The molecule has 3 rings (SSSR count). The largest absolute Gasteiger partial charge is 0.350 e. The Morgan fingerprint density at radius 2 is 2.19 bits per heavy atom. The van der Waals surface area contributed by atoms with Crippen LogP contribution in [0.3, 0.4) is 0 Å². The summed E-state index contributed by atoms with van der Waals surface area (Å²) in [5.74, 6) is 0.390. The van der Waals surface area contributed by atoms with Gasteiger partial charge < -0.3 is 5.32 Å². The Bertz CT molecular complexity index is 591. The maximum Gasteiger partial charge on any atom is 0.223 e. The molecular weight excluding hydrogens is 282 g/mol. The van der Waals surface area contributed by atoms with Crippen LogP contribution in [0.4, 0.5) is 0 Å². The predicted octanol–water partition coefficient (Wildman–Crippen LogP) is 3.40. The summed E-state index contributed by atoms with van der Waals surface area (Å²) in [5, 5.41) is 5.98. The number of nitrogens with zero attached hydrogens (tertiary/aromatic N) is 2. The highest BCUT2D eigenvalue weighted by atomic mass is 32.1. The van der Waals surface area contributed by atoms with Gasteiger partial charge in [-0.2, -0.15) is 0 Å². The summed E-state index contributed by atoms with van der Waals surface area (Å²) in [7, 11) is 0. The number of amides is 1. The van der Waals surface area contributed by atoms with Crippen LogP contribution in [0.1, 0.15) is 37.8 Å². The first kappa shape index (κ1) is 14.2. The van der Waals surface area contributed by atoms with Crippen LogP contribution in [0.15, 0.2) is 29.9 Å². The molecule has 0 atom stereocenters. The van der Waals surface area contributed by atoms with Gasteiger partial charge in [0.25, 0.3) is 0 Å². The van der Waals surface area contributed by atoms with Gasteiger partial charge in [-0.05, 0) is 25.0 Å². The van der Waals surface area contributed by atoms with Crippen molar-refractivity contribution < 1.29 is 4.79 Å². The van der Waals surface area contributed by atoms with E-state index in [1.807, 2.05) is 23.7 Å². The lowest BCUT2D eigenvalue weighted by molar-refractivity contribution is -0.126. The second-order valence-corrected chi connectivity index (χ2v) is 6.30. The average molecular weight is 301 g/mol. The number of carbonyl (C=O) groups is 1. The van der Waals surface area contributed by atoms with Gasteiger partial charge in [-0.25, -0.2) is 4.98 Å². The van der Waals surface area contributed by atoms with Gasteiger partial charge in [0.05, 0.1) is 12.2 Å². The molecule has 2 aromatic heterocycles. The normalized spacial score (nSPS) is 15.8. The zero-order valence-electron chi connectivity index (χ0n) is 11.9. The average Bonchev–Trinajstić information content (AvgIpc) is 3.03. The predicted molar refractivity (Wildman–Crippen MR) is 83.8 cm³/mol. The van der Waals surface area contributed by atoms with Crippen molar-refractivity contribution in [1.29, 1.82) is 0 Å². The van der Waals surface area contributed by atoms with Crippen molar-refractivity contribution in [1.82, 2.24) is 15.3 Å². The van der Waals surface area contributed by atoms with Crippen LogP contribution in [0.2, 0.25) is 0 Å². The molecule has 0 spiro atoms. The number of rotatable bonds is 4. The number of hydrogen-bond donors (Lipinski definition) is 1. The van der Waals surface area contributed by atoms with E-state index in [0.29, 0.717) is 6.54 Å². The Morgan fingerprint density at radius 1 is 1.33 bits per heavy atom. The van der Waals surface area contributed by atoms with Crippen molar-refractivity contribution in [2.75, 3.05) is 0 Å². The minimum absolute atomic E-state index is 0.186. The van der Waals surface area contributed by atoms with Crippen LogP contribution >= 0.6 is 11.3 Å². The van der Waals surface area contributed by atoms with Gasteiger partial charge >= 0.3 is 0 Å². The topological polar surface area (TPSA) is 54.9 Å². The third-order valence-corrected chi connectivity index (χ3v) is 4.82. The van der Waals surface area contributed by atoms with Crippen LogP contribution in [-0.2, 0) is 11.3 Å². The summed E-state index contributed by atoms with van der Waals surface area (Å²) < 4.78 is 0. The molecule has 0 aliphatic heterocycles. The maximum atomic E-state index is 12.1. The number of thiazole rings is 1. The smallest absolute Gasteiger partial charge is 0.223 e. The van der Waals surface area contributed by atoms with Crippen molar-refractivity contribution >= 4 is 17.2 Å². The number of hydrogen-bond acceptors (Lipinski definition) is 4. The Labute approximate surface area is 128 Å². The van der Waals surface area contributed by atoms with Crippen LogP contribution in [0.5, 0.6) is 0 Å². The monoisotopic (exact) mass is 301 g/mol. The van der Waals surface area contributed by atoms with Gasteiger partial charge in [-0.1, -0.05) is 19.3 Å². The molecule has 1 N–H and O–H groups in total. The molecule has 0 radical (unpaired) electrons. The fraction of sp³-hybridized carbons (Fsp3) is 0.438. The molecule has 1 fully saturated rings. The molecule has 0 bridgehead atoms. The Balaban J connectivity index is 1.56. The van der Waals surface area contributed by atoms with Crippen LogP contribution in [0, 0.1) is 5.92 Å². The van der Waals surface area contributed by atoms with Gasteiger partial charge in [0.15, 0.2) is 0 Å². The molecule has 1 aliphatic rings. The molecule has 1 aliphatic carbocycles. The summed E-state index contributed by atoms with van der Waals surface area (Å²) >= 11 is 1.59. The van der Waals surface area contributed by atoms with E-state index in [9.17, 15) is 4.79 Å². The number of nitrogens with one attached hydrogen (secondary N) is 1. The molecule has 1 amide bonds. The quantitative estimate of drug-likeness (QED) is 0.941. The Morgan fingerprint density at radius 3 is 2.95 bits per heavy atom. The van der Waals surface area contributed by atoms with E-state index < -0.39 is 0 Å². The van der Waals surface area contributed by atoms with Crippen molar-refractivity contribution in [3.63, 3.8) is 0 Å². The third-order valence-electron chi connectivity index (χ3n) is 3.88. The van der Waals surface area contributed by atoms with Crippen molar-refractivity contribution in [2.45, 2.75) is 38.6 Å². The van der Waals surface area contributed by atoms with Crippen molar-refractivity contribution in [3.8, 4) is 10.6 Å². The first-order valence-electron chi connectivity index (χ1n) is 7.45. The molecule has 2 heterocycles. The van der Waals surface area contributed by atoms with Gasteiger partial charge in [0, 0.05) is 29.3 Å². The molecule has 0 aromatic carbocycles. The molecular formula is C16H19N3OS. The van der Waals surface area contributed by atoms with Crippen LogP contribution in [-0.4, -0.2) is 15.9 Å².